The molecule has 5 rings (SSSR count). The number of carbonyl (C=O) groups excluding carboxylic acids is 1. The van der Waals surface area contributed by atoms with Crippen LogP contribution in [0.25, 0.3) is 0 Å². The highest BCUT2D eigenvalue weighted by atomic mass is 32.2. The summed E-state index contributed by atoms with van der Waals surface area (Å²) < 4.78 is 33.6. The van der Waals surface area contributed by atoms with E-state index in [-0.39, 0.29) is 30.0 Å². The van der Waals surface area contributed by atoms with Gasteiger partial charge in [-0.25, -0.2) is 8.42 Å². The van der Waals surface area contributed by atoms with Gasteiger partial charge in [0.15, 0.2) is 6.61 Å². The van der Waals surface area contributed by atoms with Crippen molar-refractivity contribution in [3.63, 3.8) is 0 Å². The summed E-state index contributed by atoms with van der Waals surface area (Å²) in [5, 5.41) is 0. The van der Waals surface area contributed by atoms with Gasteiger partial charge in [-0.1, -0.05) is 78.4 Å². The van der Waals surface area contributed by atoms with Crippen molar-refractivity contribution in [3.05, 3.63) is 126 Å². The summed E-state index contributed by atoms with van der Waals surface area (Å²) in [5.74, 6) is 0.453. The molecule has 1 saturated heterocycles. The van der Waals surface area contributed by atoms with E-state index in [9.17, 15) is 13.2 Å². The Morgan fingerprint density at radius 3 is 1.86 bits per heavy atom. The van der Waals surface area contributed by atoms with Crippen LogP contribution in [0.1, 0.15) is 29.7 Å². The number of hydrogen-bond donors (Lipinski definition) is 0. The minimum Gasteiger partial charge on any atom is -0.484 e. The van der Waals surface area contributed by atoms with Crippen LogP contribution >= 0.6 is 0 Å². The lowest BCUT2D eigenvalue weighted by Crippen LogP contribution is -2.51. The van der Waals surface area contributed by atoms with Crippen LogP contribution in [0, 0.1) is 6.92 Å². The molecule has 218 valence electrons. The van der Waals surface area contributed by atoms with Crippen molar-refractivity contribution >= 4 is 21.6 Å². The first-order valence-electron chi connectivity index (χ1n) is 14.3. The van der Waals surface area contributed by atoms with Crippen LogP contribution < -0.4 is 9.04 Å². The number of hydrogen-bond acceptors (Lipinski definition) is 5. The van der Waals surface area contributed by atoms with E-state index < -0.39 is 10.0 Å². The maximum Gasteiger partial charge on any atom is 0.264 e. The number of sulfonamides is 1. The second kappa shape index (κ2) is 13.2. The molecule has 0 radical (unpaired) electrons. The summed E-state index contributed by atoms with van der Waals surface area (Å²) in [7, 11) is -3.69. The Bertz CT molecular complexity index is 1510. The van der Waals surface area contributed by atoms with Gasteiger partial charge in [0.1, 0.15) is 5.75 Å². The lowest BCUT2D eigenvalue weighted by atomic mass is 9.96. The third kappa shape index (κ3) is 6.66. The van der Waals surface area contributed by atoms with Crippen molar-refractivity contribution in [2.45, 2.75) is 24.8 Å². The maximum atomic E-state index is 13.2. The van der Waals surface area contributed by atoms with Crippen molar-refractivity contribution in [1.82, 2.24) is 9.80 Å². The molecule has 7 nitrogen and oxygen atoms in total. The van der Waals surface area contributed by atoms with Crippen LogP contribution in [-0.4, -0.2) is 63.5 Å². The van der Waals surface area contributed by atoms with E-state index in [2.05, 4.69) is 53.4 Å². The first kappa shape index (κ1) is 29.4. The van der Waals surface area contributed by atoms with E-state index in [1.165, 1.54) is 15.4 Å². The van der Waals surface area contributed by atoms with Gasteiger partial charge < -0.3 is 9.64 Å². The lowest BCUT2D eigenvalue weighted by molar-refractivity contribution is -0.135. The first-order valence-corrected chi connectivity index (χ1v) is 15.7. The molecule has 4 aromatic carbocycles. The number of ether oxygens (including phenoxy) is 1. The predicted molar refractivity (Wildman–Crippen MR) is 166 cm³/mol. The largest absolute Gasteiger partial charge is 0.484 e. The lowest BCUT2D eigenvalue weighted by Gasteiger charge is -2.39. The average Bonchev–Trinajstić information content (AvgIpc) is 3.02. The molecule has 42 heavy (non-hydrogen) atoms. The predicted octanol–water partition coefficient (Wildman–Crippen LogP) is 5.52. The van der Waals surface area contributed by atoms with Gasteiger partial charge >= 0.3 is 0 Å². The van der Waals surface area contributed by atoms with Crippen LogP contribution in [-0.2, 0) is 14.8 Å². The fourth-order valence-corrected chi connectivity index (χ4v) is 6.86. The van der Waals surface area contributed by atoms with Crippen molar-refractivity contribution in [1.29, 1.82) is 0 Å². The molecule has 0 spiro atoms. The summed E-state index contributed by atoms with van der Waals surface area (Å²) in [6, 6.07) is 34.8. The molecule has 0 saturated carbocycles. The van der Waals surface area contributed by atoms with Crippen LogP contribution in [0.3, 0.4) is 0 Å². The van der Waals surface area contributed by atoms with E-state index in [4.69, 9.17) is 4.74 Å². The van der Waals surface area contributed by atoms with Gasteiger partial charge in [0.05, 0.1) is 16.6 Å². The molecule has 0 bridgehead atoms. The monoisotopic (exact) mass is 583 g/mol. The highest BCUT2D eigenvalue weighted by Gasteiger charge is 2.28. The molecule has 4 aromatic rings. The summed E-state index contributed by atoms with van der Waals surface area (Å²) >= 11 is 0. The third-order valence-electron chi connectivity index (χ3n) is 7.65. The molecule has 8 heteroatoms. The Balaban J connectivity index is 1.17. The van der Waals surface area contributed by atoms with Crippen molar-refractivity contribution in [2.24, 2.45) is 0 Å². The van der Waals surface area contributed by atoms with Gasteiger partial charge in [-0.2, -0.15) is 0 Å². The van der Waals surface area contributed by atoms with Gasteiger partial charge in [0.2, 0.25) is 0 Å². The van der Waals surface area contributed by atoms with Gasteiger partial charge in [-0.05, 0) is 61.4 Å². The van der Waals surface area contributed by atoms with Crippen LogP contribution in [0.2, 0.25) is 0 Å². The number of aryl methyl sites for hydroxylation is 1. The Labute approximate surface area is 249 Å². The Hall–Kier alpha value is -4.14. The third-order valence-corrected chi connectivity index (χ3v) is 9.56. The number of carbonyl (C=O) groups is 1. The number of piperazine rings is 1. The first-order chi connectivity index (χ1) is 20.4. The number of nitrogens with zero attached hydrogens (tertiary/aromatic N) is 3. The molecular weight excluding hydrogens is 546 g/mol. The van der Waals surface area contributed by atoms with E-state index in [1.54, 1.807) is 55.5 Å². The molecule has 1 fully saturated rings. The normalized spacial score (nSPS) is 14.1. The average molecular weight is 584 g/mol. The molecule has 1 aliphatic heterocycles. The van der Waals surface area contributed by atoms with E-state index in [0.717, 1.165) is 18.7 Å². The molecule has 1 amide bonds. The molecular formula is C34H37N3O4S. The number of rotatable bonds is 10. The molecule has 1 heterocycles. The standard InChI is InChI=1S/C34H37N3O4S/c1-3-37(42(39,40)32-20-14-27(2)15-21-32)30-16-18-31(19-17-30)41-26-33(38)35-22-24-36(25-23-35)34(28-10-6-4-7-11-28)29-12-8-5-9-13-29/h4-21,34H,3,22-26H2,1-2H3. The van der Waals surface area contributed by atoms with E-state index >= 15 is 0 Å². The highest BCUT2D eigenvalue weighted by Crippen LogP contribution is 2.30. The SMILES string of the molecule is CCN(c1ccc(OCC(=O)N2CCN(C(c3ccccc3)c3ccccc3)CC2)cc1)S(=O)(=O)c1ccc(C)cc1. The minimum absolute atomic E-state index is 0.0631. The second-order valence-electron chi connectivity index (χ2n) is 10.4. The topological polar surface area (TPSA) is 70.2 Å². The quantitative estimate of drug-likeness (QED) is 0.246. The van der Waals surface area contributed by atoms with Gasteiger partial charge in [-0.3, -0.25) is 14.0 Å². The molecule has 0 atom stereocenters. The van der Waals surface area contributed by atoms with E-state index in [1.807, 2.05) is 24.0 Å². The van der Waals surface area contributed by atoms with Crippen molar-refractivity contribution < 1.29 is 17.9 Å². The summed E-state index contributed by atoms with van der Waals surface area (Å²) in [5.41, 5.74) is 4.02. The Morgan fingerprint density at radius 1 is 0.786 bits per heavy atom. The zero-order valence-electron chi connectivity index (χ0n) is 24.1. The van der Waals surface area contributed by atoms with Crippen LogP contribution in [0.5, 0.6) is 5.75 Å². The molecule has 0 aliphatic carbocycles. The van der Waals surface area contributed by atoms with Crippen molar-refractivity contribution in [3.8, 4) is 5.75 Å². The van der Waals surface area contributed by atoms with Gasteiger partial charge in [0.25, 0.3) is 15.9 Å². The minimum atomic E-state index is -3.69. The maximum absolute atomic E-state index is 13.2. The molecule has 0 N–H and O–H groups in total. The van der Waals surface area contributed by atoms with Gasteiger partial charge in [0, 0.05) is 32.7 Å². The van der Waals surface area contributed by atoms with Crippen molar-refractivity contribution in [2.75, 3.05) is 43.6 Å². The summed E-state index contributed by atoms with van der Waals surface area (Å²) in [4.78, 5) is 17.5. The molecule has 1 aliphatic rings. The summed E-state index contributed by atoms with van der Waals surface area (Å²) in [6.45, 7) is 6.71. The summed E-state index contributed by atoms with van der Waals surface area (Å²) in [6.07, 6.45) is 0. The van der Waals surface area contributed by atoms with E-state index in [0.29, 0.717) is 24.5 Å². The Morgan fingerprint density at radius 2 is 1.33 bits per heavy atom. The van der Waals surface area contributed by atoms with Crippen LogP contribution in [0.15, 0.2) is 114 Å². The fraction of sp³-hybridized carbons (Fsp3) is 0.265. The number of amides is 1. The zero-order valence-corrected chi connectivity index (χ0v) is 24.9. The number of benzene rings is 4. The Kier molecular flexibility index (Phi) is 9.25. The fourth-order valence-electron chi connectivity index (χ4n) is 5.39. The second-order valence-corrected chi connectivity index (χ2v) is 12.3. The van der Waals surface area contributed by atoms with Crippen LogP contribution in [0.4, 0.5) is 5.69 Å². The highest BCUT2D eigenvalue weighted by molar-refractivity contribution is 7.92. The molecule has 0 aromatic heterocycles. The molecule has 0 unspecified atom stereocenters. The number of anilines is 1. The zero-order chi connectivity index (χ0) is 29.5. The smallest absolute Gasteiger partial charge is 0.264 e. The van der Waals surface area contributed by atoms with Gasteiger partial charge in [-0.15, -0.1) is 0 Å².